The molecule has 10 nitrogen and oxygen atoms in total. The Morgan fingerprint density at radius 2 is 1.97 bits per heavy atom. The Kier molecular flexibility index (Phi) is 6.97. The standard InChI is InChI=1S/C24H23N5O5S/c1-13(2)34-23(31)18-14(3)26-21-20(19(18)17-6-4-5-11-25-17)22(30)28-24(27-21)35-12-15-7-9-16(10-8-15)29(32)33/h4-11,13,19H,12H2,1-3H3,(H2,26,27,28,30). The SMILES string of the molecule is CC1=C(C(=O)OC(C)C)C(c2ccccn2)c2c(nc(SCc3ccc([N+](=O)[O-])cc3)[nH]c2=O)N1. The van der Waals surface area contributed by atoms with Gasteiger partial charge in [0.2, 0.25) is 0 Å². The summed E-state index contributed by atoms with van der Waals surface area (Å²) in [6.45, 7) is 5.26. The van der Waals surface area contributed by atoms with Crippen molar-refractivity contribution in [1.29, 1.82) is 0 Å². The number of nitro benzene ring substituents is 1. The predicted octanol–water partition coefficient (Wildman–Crippen LogP) is 4.15. The molecule has 1 aromatic carbocycles. The second kappa shape index (κ2) is 10.1. The topological polar surface area (TPSA) is 140 Å². The number of thioether (sulfide) groups is 1. The number of non-ortho nitro benzene ring substituents is 1. The summed E-state index contributed by atoms with van der Waals surface area (Å²) in [5.74, 6) is -0.482. The molecule has 0 fully saturated rings. The van der Waals surface area contributed by atoms with Gasteiger partial charge in [-0.05, 0) is 38.5 Å². The van der Waals surface area contributed by atoms with E-state index in [1.54, 1.807) is 57.3 Å². The van der Waals surface area contributed by atoms with E-state index in [1.807, 2.05) is 0 Å². The molecule has 0 saturated heterocycles. The van der Waals surface area contributed by atoms with Gasteiger partial charge in [-0.25, -0.2) is 9.78 Å². The van der Waals surface area contributed by atoms with Crippen LogP contribution in [0.3, 0.4) is 0 Å². The van der Waals surface area contributed by atoms with Crippen molar-refractivity contribution in [1.82, 2.24) is 15.0 Å². The summed E-state index contributed by atoms with van der Waals surface area (Å²) in [6, 6.07) is 11.5. The number of carbonyl (C=O) groups is 1. The molecule has 1 unspecified atom stereocenters. The number of H-pyrrole nitrogens is 1. The van der Waals surface area contributed by atoms with E-state index in [9.17, 15) is 19.7 Å². The first kappa shape index (κ1) is 24.1. The van der Waals surface area contributed by atoms with Crippen molar-refractivity contribution < 1.29 is 14.5 Å². The number of esters is 1. The smallest absolute Gasteiger partial charge is 0.337 e. The summed E-state index contributed by atoms with van der Waals surface area (Å²) in [5.41, 5.74) is 2.11. The Morgan fingerprint density at radius 3 is 2.60 bits per heavy atom. The number of ether oxygens (including phenoxy) is 1. The highest BCUT2D eigenvalue weighted by atomic mass is 32.2. The maximum Gasteiger partial charge on any atom is 0.337 e. The van der Waals surface area contributed by atoms with Crippen LogP contribution in [0.15, 0.2) is 69.9 Å². The summed E-state index contributed by atoms with van der Waals surface area (Å²) in [4.78, 5) is 48.4. The monoisotopic (exact) mass is 493 g/mol. The molecule has 0 aliphatic carbocycles. The first-order valence-electron chi connectivity index (χ1n) is 10.8. The van der Waals surface area contributed by atoms with E-state index in [4.69, 9.17) is 4.74 Å². The average Bonchev–Trinajstić information content (AvgIpc) is 2.82. The van der Waals surface area contributed by atoms with Gasteiger partial charge in [0.25, 0.3) is 11.2 Å². The number of hydrogen-bond acceptors (Lipinski definition) is 9. The van der Waals surface area contributed by atoms with Crippen molar-refractivity contribution in [3.05, 3.63) is 97.2 Å². The van der Waals surface area contributed by atoms with E-state index in [0.717, 1.165) is 5.56 Å². The summed E-state index contributed by atoms with van der Waals surface area (Å²) in [5, 5.41) is 14.3. The van der Waals surface area contributed by atoms with Crippen molar-refractivity contribution in [2.75, 3.05) is 5.32 Å². The minimum absolute atomic E-state index is 0.0119. The first-order chi connectivity index (χ1) is 16.7. The fourth-order valence-corrected chi connectivity index (χ4v) is 4.57. The van der Waals surface area contributed by atoms with Crippen LogP contribution in [0.25, 0.3) is 0 Å². The van der Waals surface area contributed by atoms with Crippen molar-refractivity contribution in [2.45, 2.75) is 43.7 Å². The Bertz CT molecular complexity index is 1350. The second-order valence-electron chi connectivity index (χ2n) is 8.15. The Morgan fingerprint density at radius 1 is 1.23 bits per heavy atom. The molecule has 3 heterocycles. The minimum atomic E-state index is -0.747. The predicted molar refractivity (Wildman–Crippen MR) is 131 cm³/mol. The van der Waals surface area contributed by atoms with Gasteiger partial charge in [-0.15, -0.1) is 0 Å². The van der Waals surface area contributed by atoms with Gasteiger partial charge in [-0.2, -0.15) is 0 Å². The maximum atomic E-state index is 13.3. The van der Waals surface area contributed by atoms with Crippen LogP contribution in [0.4, 0.5) is 11.5 Å². The lowest BCUT2D eigenvalue weighted by Crippen LogP contribution is -2.32. The summed E-state index contributed by atoms with van der Waals surface area (Å²) < 4.78 is 5.46. The zero-order valence-electron chi connectivity index (χ0n) is 19.3. The zero-order valence-corrected chi connectivity index (χ0v) is 20.1. The van der Waals surface area contributed by atoms with Crippen LogP contribution >= 0.6 is 11.8 Å². The quantitative estimate of drug-likeness (QED) is 0.163. The molecule has 1 atom stereocenters. The van der Waals surface area contributed by atoms with Crippen LogP contribution in [0.5, 0.6) is 0 Å². The Labute approximate surface area is 205 Å². The second-order valence-corrected chi connectivity index (χ2v) is 9.11. The molecule has 0 radical (unpaired) electrons. The number of aromatic amines is 1. The molecular weight excluding hydrogens is 470 g/mol. The largest absolute Gasteiger partial charge is 0.460 e. The number of pyridine rings is 1. The number of rotatable bonds is 7. The molecule has 2 aromatic heterocycles. The molecule has 4 rings (SSSR count). The number of fused-ring (bicyclic) bond motifs is 1. The van der Waals surface area contributed by atoms with Crippen LogP contribution in [0.1, 0.15) is 43.5 Å². The van der Waals surface area contributed by atoms with Gasteiger partial charge in [0, 0.05) is 29.8 Å². The Hall–Kier alpha value is -3.99. The highest BCUT2D eigenvalue weighted by Gasteiger charge is 2.37. The number of nitrogens with one attached hydrogen (secondary N) is 2. The van der Waals surface area contributed by atoms with Gasteiger partial charge in [0.1, 0.15) is 5.82 Å². The third-order valence-electron chi connectivity index (χ3n) is 5.29. The normalized spacial score (nSPS) is 14.9. The first-order valence-corrected chi connectivity index (χ1v) is 11.8. The lowest BCUT2D eigenvalue weighted by atomic mass is 9.85. The van der Waals surface area contributed by atoms with Gasteiger partial charge < -0.3 is 15.0 Å². The molecule has 1 aliphatic heterocycles. The molecule has 0 saturated carbocycles. The molecule has 0 bridgehead atoms. The molecular formula is C24H23N5O5S. The van der Waals surface area contributed by atoms with Crippen LogP contribution in [0, 0.1) is 10.1 Å². The summed E-state index contributed by atoms with van der Waals surface area (Å²) in [6.07, 6.45) is 1.27. The highest BCUT2D eigenvalue weighted by molar-refractivity contribution is 7.98. The van der Waals surface area contributed by atoms with Crippen LogP contribution < -0.4 is 10.9 Å². The third-order valence-corrected chi connectivity index (χ3v) is 6.23. The van der Waals surface area contributed by atoms with E-state index in [1.165, 1.54) is 23.9 Å². The lowest BCUT2D eigenvalue weighted by Gasteiger charge is -2.28. The van der Waals surface area contributed by atoms with E-state index >= 15 is 0 Å². The van der Waals surface area contributed by atoms with Gasteiger partial charge >= 0.3 is 5.97 Å². The van der Waals surface area contributed by atoms with Gasteiger partial charge in [-0.3, -0.25) is 19.9 Å². The van der Waals surface area contributed by atoms with Crippen molar-refractivity contribution >= 4 is 29.2 Å². The van der Waals surface area contributed by atoms with E-state index in [2.05, 4.69) is 20.3 Å². The number of benzene rings is 1. The van der Waals surface area contributed by atoms with E-state index in [-0.39, 0.29) is 17.4 Å². The maximum absolute atomic E-state index is 13.3. The van der Waals surface area contributed by atoms with Gasteiger partial charge in [0.15, 0.2) is 5.16 Å². The molecule has 35 heavy (non-hydrogen) atoms. The molecule has 0 amide bonds. The average molecular weight is 494 g/mol. The van der Waals surface area contributed by atoms with Crippen molar-refractivity contribution in [2.24, 2.45) is 0 Å². The number of hydrogen-bond donors (Lipinski definition) is 2. The highest BCUT2D eigenvalue weighted by Crippen LogP contribution is 2.39. The number of nitro groups is 1. The van der Waals surface area contributed by atoms with Gasteiger partial charge in [-0.1, -0.05) is 30.0 Å². The Balaban J connectivity index is 1.68. The fraction of sp³-hybridized carbons (Fsp3) is 0.250. The molecule has 3 aromatic rings. The summed E-state index contributed by atoms with van der Waals surface area (Å²) >= 11 is 1.29. The lowest BCUT2D eigenvalue weighted by molar-refractivity contribution is -0.384. The number of carbonyl (C=O) groups excluding carboxylic acids is 1. The van der Waals surface area contributed by atoms with Crippen molar-refractivity contribution in [3.63, 3.8) is 0 Å². The zero-order chi connectivity index (χ0) is 25.1. The fourth-order valence-electron chi connectivity index (χ4n) is 3.76. The minimum Gasteiger partial charge on any atom is -0.460 e. The third kappa shape index (κ3) is 5.24. The number of nitrogens with zero attached hydrogens (tertiary/aromatic N) is 3. The van der Waals surface area contributed by atoms with Crippen LogP contribution in [0.2, 0.25) is 0 Å². The van der Waals surface area contributed by atoms with Crippen molar-refractivity contribution in [3.8, 4) is 0 Å². The number of anilines is 1. The molecule has 0 spiro atoms. The number of aromatic nitrogens is 3. The van der Waals surface area contributed by atoms with Gasteiger partial charge in [0.05, 0.1) is 33.8 Å². The molecule has 180 valence electrons. The number of allylic oxidation sites excluding steroid dienone is 1. The molecule has 1 aliphatic rings. The van der Waals surface area contributed by atoms with E-state index < -0.39 is 22.4 Å². The molecule has 11 heteroatoms. The van der Waals surface area contributed by atoms with Crippen LogP contribution in [-0.2, 0) is 15.3 Å². The van der Waals surface area contributed by atoms with E-state index in [0.29, 0.717) is 33.7 Å². The van der Waals surface area contributed by atoms with Crippen LogP contribution in [-0.4, -0.2) is 31.9 Å². The molecule has 2 N–H and O–H groups in total. The summed E-state index contributed by atoms with van der Waals surface area (Å²) in [7, 11) is 0.